The van der Waals surface area contributed by atoms with Crippen LogP contribution in [-0.4, -0.2) is 37.8 Å². The summed E-state index contributed by atoms with van der Waals surface area (Å²) < 4.78 is 44.1. The molecule has 0 saturated carbocycles. The molecule has 9 heteroatoms. The normalized spacial score (nSPS) is 23.3. The molecule has 1 aliphatic rings. The average Bonchev–Trinajstić information content (AvgIpc) is 3.11. The van der Waals surface area contributed by atoms with Crippen LogP contribution in [0.3, 0.4) is 0 Å². The fourth-order valence-electron chi connectivity index (χ4n) is 2.97. The van der Waals surface area contributed by atoms with E-state index in [4.69, 9.17) is 4.42 Å². The summed E-state index contributed by atoms with van der Waals surface area (Å²) in [5.41, 5.74) is 0. The van der Waals surface area contributed by atoms with Gasteiger partial charge in [0.2, 0.25) is 0 Å². The highest BCUT2D eigenvalue weighted by molar-refractivity contribution is 5.06. The molecule has 1 fully saturated rings. The summed E-state index contributed by atoms with van der Waals surface area (Å²) in [5.74, 6) is 1.58. The van der Waals surface area contributed by atoms with Gasteiger partial charge in [-0.1, -0.05) is 6.92 Å². The van der Waals surface area contributed by atoms with E-state index in [1.165, 1.54) is 0 Å². The first-order chi connectivity index (χ1) is 10.9. The van der Waals surface area contributed by atoms with Crippen LogP contribution in [0.5, 0.6) is 0 Å². The molecule has 1 saturated heterocycles. The number of tetrazole rings is 1. The standard InChI is InChI=1S/C14H18F3N5O/c1-10-4-5-21(11(7-10)12-3-2-6-23-12)8-13-18-19-20-22(13)9-14(15,16)17/h2-3,6,10-11H,4-5,7-9H2,1H3/t10-,11+/m1/s1. The molecule has 0 aromatic carbocycles. The van der Waals surface area contributed by atoms with Crippen LogP contribution in [-0.2, 0) is 13.1 Å². The van der Waals surface area contributed by atoms with E-state index in [2.05, 4.69) is 27.3 Å². The van der Waals surface area contributed by atoms with Gasteiger partial charge in [-0.2, -0.15) is 13.2 Å². The third-order valence-corrected chi connectivity index (χ3v) is 4.13. The van der Waals surface area contributed by atoms with E-state index in [-0.39, 0.29) is 18.4 Å². The predicted octanol–water partition coefficient (Wildman–Crippen LogP) is 2.80. The van der Waals surface area contributed by atoms with Crippen molar-refractivity contribution in [1.29, 1.82) is 0 Å². The maximum absolute atomic E-state index is 12.6. The molecule has 23 heavy (non-hydrogen) atoms. The van der Waals surface area contributed by atoms with E-state index >= 15 is 0 Å². The van der Waals surface area contributed by atoms with E-state index in [1.54, 1.807) is 6.26 Å². The first-order valence-electron chi connectivity index (χ1n) is 7.51. The quantitative estimate of drug-likeness (QED) is 0.863. The number of halogens is 3. The van der Waals surface area contributed by atoms with Crippen molar-refractivity contribution < 1.29 is 17.6 Å². The zero-order valence-electron chi connectivity index (χ0n) is 12.7. The van der Waals surface area contributed by atoms with Gasteiger partial charge in [-0.05, 0) is 47.9 Å². The molecule has 126 valence electrons. The predicted molar refractivity (Wildman–Crippen MR) is 74.1 cm³/mol. The zero-order chi connectivity index (χ0) is 16.4. The second kappa shape index (κ2) is 6.31. The number of likely N-dealkylation sites (tertiary alicyclic amines) is 1. The molecule has 0 aliphatic carbocycles. The van der Waals surface area contributed by atoms with Gasteiger partial charge in [-0.3, -0.25) is 4.90 Å². The fourth-order valence-corrected chi connectivity index (χ4v) is 2.97. The molecule has 1 aliphatic heterocycles. The van der Waals surface area contributed by atoms with E-state index in [0.717, 1.165) is 29.8 Å². The van der Waals surface area contributed by atoms with Crippen molar-refractivity contribution in [1.82, 2.24) is 25.1 Å². The van der Waals surface area contributed by atoms with Crippen LogP contribution in [0.4, 0.5) is 13.2 Å². The van der Waals surface area contributed by atoms with Crippen LogP contribution in [0, 0.1) is 5.92 Å². The van der Waals surface area contributed by atoms with Crippen LogP contribution in [0.25, 0.3) is 0 Å². The summed E-state index contributed by atoms with van der Waals surface area (Å²) in [6.07, 6.45) is -0.853. The van der Waals surface area contributed by atoms with E-state index in [1.807, 2.05) is 12.1 Å². The minimum atomic E-state index is -4.35. The summed E-state index contributed by atoms with van der Waals surface area (Å²) in [6.45, 7) is 2.03. The Kier molecular flexibility index (Phi) is 4.38. The van der Waals surface area contributed by atoms with E-state index < -0.39 is 12.7 Å². The van der Waals surface area contributed by atoms with Crippen LogP contribution in [0.1, 0.15) is 37.4 Å². The maximum Gasteiger partial charge on any atom is 0.408 e. The van der Waals surface area contributed by atoms with Gasteiger partial charge in [0.1, 0.15) is 12.3 Å². The Hall–Kier alpha value is -1.90. The Morgan fingerprint density at radius 2 is 2.22 bits per heavy atom. The van der Waals surface area contributed by atoms with Crippen molar-refractivity contribution in [2.75, 3.05) is 6.54 Å². The largest absolute Gasteiger partial charge is 0.468 e. The number of furan rings is 1. The molecule has 2 aromatic heterocycles. The fraction of sp³-hybridized carbons (Fsp3) is 0.643. The second-order valence-electron chi connectivity index (χ2n) is 6.00. The van der Waals surface area contributed by atoms with E-state index in [9.17, 15) is 13.2 Å². The number of piperidine rings is 1. The van der Waals surface area contributed by atoms with Crippen LogP contribution < -0.4 is 0 Å². The number of hydrogen-bond acceptors (Lipinski definition) is 5. The SMILES string of the molecule is C[C@@H]1CCN(Cc2nnnn2CC(F)(F)F)[C@H](c2ccco2)C1. The molecule has 0 bridgehead atoms. The summed E-state index contributed by atoms with van der Waals surface area (Å²) in [6, 6.07) is 3.75. The highest BCUT2D eigenvalue weighted by Gasteiger charge is 2.33. The first kappa shape index (κ1) is 16.0. The average molecular weight is 329 g/mol. The van der Waals surface area contributed by atoms with Gasteiger partial charge in [0.05, 0.1) is 18.8 Å². The number of aromatic nitrogens is 4. The highest BCUT2D eigenvalue weighted by Crippen LogP contribution is 2.35. The zero-order valence-corrected chi connectivity index (χ0v) is 12.7. The Morgan fingerprint density at radius 3 is 2.91 bits per heavy atom. The van der Waals surface area contributed by atoms with Crippen molar-refractivity contribution in [3.05, 3.63) is 30.0 Å². The minimum absolute atomic E-state index is 0.0322. The molecule has 0 radical (unpaired) electrons. The van der Waals surface area contributed by atoms with Crippen LogP contribution >= 0.6 is 0 Å². The maximum atomic E-state index is 12.6. The Morgan fingerprint density at radius 1 is 1.39 bits per heavy atom. The lowest BCUT2D eigenvalue weighted by Crippen LogP contribution is -2.36. The lowest BCUT2D eigenvalue weighted by Gasteiger charge is -2.36. The van der Waals surface area contributed by atoms with Gasteiger partial charge in [0, 0.05) is 0 Å². The summed E-state index contributed by atoms with van der Waals surface area (Å²) in [4.78, 5) is 2.08. The third kappa shape index (κ3) is 3.90. The van der Waals surface area contributed by atoms with Crippen molar-refractivity contribution in [3.63, 3.8) is 0 Å². The molecule has 2 aromatic rings. The second-order valence-corrected chi connectivity index (χ2v) is 6.00. The monoisotopic (exact) mass is 329 g/mol. The molecule has 0 spiro atoms. The number of alkyl halides is 3. The van der Waals surface area contributed by atoms with Gasteiger partial charge in [0.25, 0.3) is 0 Å². The summed E-state index contributed by atoms with van der Waals surface area (Å²) in [7, 11) is 0. The molecule has 0 N–H and O–H groups in total. The molecule has 0 amide bonds. The highest BCUT2D eigenvalue weighted by atomic mass is 19.4. The number of rotatable bonds is 4. The summed E-state index contributed by atoms with van der Waals surface area (Å²) >= 11 is 0. The Labute approximate surface area is 131 Å². The molecule has 2 atom stereocenters. The number of hydrogen-bond donors (Lipinski definition) is 0. The van der Waals surface area contributed by atoms with Gasteiger partial charge in [-0.15, -0.1) is 5.10 Å². The molecular weight excluding hydrogens is 311 g/mol. The molecule has 3 heterocycles. The third-order valence-electron chi connectivity index (χ3n) is 4.13. The lowest BCUT2D eigenvalue weighted by molar-refractivity contribution is -0.143. The Bertz CT molecular complexity index is 625. The van der Waals surface area contributed by atoms with Crippen molar-refractivity contribution >= 4 is 0 Å². The molecule has 6 nitrogen and oxygen atoms in total. The van der Waals surface area contributed by atoms with Crippen molar-refractivity contribution in [3.8, 4) is 0 Å². The summed E-state index contributed by atoms with van der Waals surface area (Å²) in [5, 5.41) is 10.6. The van der Waals surface area contributed by atoms with Gasteiger partial charge < -0.3 is 4.42 Å². The first-order valence-corrected chi connectivity index (χ1v) is 7.51. The van der Waals surface area contributed by atoms with Gasteiger partial charge >= 0.3 is 6.18 Å². The topological polar surface area (TPSA) is 60.0 Å². The molecule has 0 unspecified atom stereocenters. The van der Waals surface area contributed by atoms with Crippen molar-refractivity contribution in [2.45, 2.75) is 45.1 Å². The van der Waals surface area contributed by atoms with Crippen LogP contribution in [0.2, 0.25) is 0 Å². The molecule has 3 rings (SSSR count). The minimum Gasteiger partial charge on any atom is -0.468 e. The Balaban J connectivity index is 1.77. The lowest BCUT2D eigenvalue weighted by atomic mass is 9.91. The molecular formula is C14H18F3N5O. The van der Waals surface area contributed by atoms with E-state index in [0.29, 0.717) is 5.92 Å². The van der Waals surface area contributed by atoms with Gasteiger partial charge in [0.15, 0.2) is 5.82 Å². The number of nitrogens with zero attached hydrogens (tertiary/aromatic N) is 5. The van der Waals surface area contributed by atoms with Crippen molar-refractivity contribution in [2.24, 2.45) is 5.92 Å². The van der Waals surface area contributed by atoms with Crippen LogP contribution in [0.15, 0.2) is 22.8 Å². The van der Waals surface area contributed by atoms with Gasteiger partial charge in [-0.25, -0.2) is 4.68 Å². The smallest absolute Gasteiger partial charge is 0.408 e.